The monoisotopic (exact) mass is 665 g/mol. The average Bonchev–Trinajstić information content (AvgIpc) is 3.53. The van der Waals surface area contributed by atoms with Crippen LogP contribution < -0.4 is 15.4 Å². The number of hydrogen-bond donors (Lipinski definition) is 2. The number of hydrogen-bond acceptors (Lipinski definition) is 11. The highest BCUT2D eigenvalue weighted by atomic mass is 35.5. The van der Waals surface area contributed by atoms with Gasteiger partial charge in [-0.3, -0.25) is 9.59 Å². The molecule has 2 amide bonds. The Hall–Kier alpha value is -3.62. The summed E-state index contributed by atoms with van der Waals surface area (Å²) in [5, 5.41) is 14.7. The number of ether oxygens (including phenoxy) is 3. The summed E-state index contributed by atoms with van der Waals surface area (Å²) < 4.78 is 17.7. The van der Waals surface area contributed by atoms with Gasteiger partial charge in [-0.05, 0) is 63.9 Å². The zero-order chi connectivity index (χ0) is 32.2. The Morgan fingerprint density at radius 2 is 1.73 bits per heavy atom. The smallest absolute Gasteiger partial charge is 0.348 e. The first-order valence-corrected chi connectivity index (χ1v) is 16.2. The lowest BCUT2D eigenvalue weighted by molar-refractivity contribution is -0.123. The van der Waals surface area contributed by atoms with Crippen molar-refractivity contribution in [2.45, 2.75) is 71.0 Å². The van der Waals surface area contributed by atoms with Gasteiger partial charge in [0.05, 0.1) is 30.6 Å². The molecule has 3 rings (SSSR count). The van der Waals surface area contributed by atoms with Crippen LogP contribution >= 0.6 is 34.7 Å². The summed E-state index contributed by atoms with van der Waals surface area (Å²) in [6.45, 7) is 9.55. The molecule has 0 unspecified atom stereocenters. The van der Waals surface area contributed by atoms with Gasteiger partial charge in [0, 0.05) is 11.6 Å². The first-order valence-electron chi connectivity index (χ1n) is 14.1. The number of nitrogens with one attached hydrogen (secondary N) is 2. The van der Waals surface area contributed by atoms with Crippen LogP contribution in [0.15, 0.2) is 29.4 Å². The summed E-state index contributed by atoms with van der Waals surface area (Å²) in [4.78, 5) is 51.1. The molecule has 0 fully saturated rings. The second-order valence-electron chi connectivity index (χ2n) is 9.37. The van der Waals surface area contributed by atoms with E-state index in [1.54, 1.807) is 52.0 Å². The van der Waals surface area contributed by atoms with Crippen LogP contribution in [-0.2, 0) is 32.2 Å². The fourth-order valence-corrected chi connectivity index (χ4v) is 5.96. The van der Waals surface area contributed by atoms with Gasteiger partial charge in [-0.2, -0.15) is 0 Å². The van der Waals surface area contributed by atoms with Crippen LogP contribution in [0.25, 0.3) is 0 Å². The maximum absolute atomic E-state index is 13.3. The number of carbonyl (C=O) groups excluding carboxylic acids is 4. The molecule has 12 nitrogen and oxygen atoms in total. The largest absolute Gasteiger partial charge is 0.484 e. The van der Waals surface area contributed by atoms with Crippen LogP contribution in [-0.4, -0.2) is 63.6 Å². The lowest BCUT2D eigenvalue weighted by Gasteiger charge is -2.14. The number of nitrogens with zero attached hydrogens (tertiary/aromatic N) is 3. The second-order valence-corrected chi connectivity index (χ2v) is 12.1. The molecule has 1 atom stereocenters. The summed E-state index contributed by atoms with van der Waals surface area (Å²) in [5.74, 6) is -0.911. The number of aromatic nitrogens is 3. The number of halogens is 1. The number of rotatable bonds is 16. The van der Waals surface area contributed by atoms with Crippen molar-refractivity contribution in [1.29, 1.82) is 0 Å². The molecule has 0 saturated carbocycles. The summed E-state index contributed by atoms with van der Waals surface area (Å²) in [6.07, 6.45) is 1.75. The van der Waals surface area contributed by atoms with Crippen LogP contribution in [0.3, 0.4) is 0 Å². The van der Waals surface area contributed by atoms with Crippen molar-refractivity contribution in [3.05, 3.63) is 51.1 Å². The van der Waals surface area contributed by atoms with E-state index in [1.165, 1.54) is 11.8 Å². The Bertz CT molecular complexity index is 1460. The number of amides is 2. The van der Waals surface area contributed by atoms with Gasteiger partial charge in [0.1, 0.15) is 15.6 Å². The van der Waals surface area contributed by atoms with Crippen LogP contribution in [0, 0.1) is 6.92 Å². The fraction of sp³-hybridized carbons (Fsp3) is 0.448. The van der Waals surface area contributed by atoms with E-state index in [9.17, 15) is 19.2 Å². The fourth-order valence-electron chi connectivity index (χ4n) is 3.85. The Balaban J connectivity index is 1.70. The zero-order valence-corrected chi connectivity index (χ0v) is 27.6. The Kier molecular flexibility index (Phi) is 13.5. The quantitative estimate of drug-likeness (QED) is 0.153. The van der Waals surface area contributed by atoms with Gasteiger partial charge in [-0.25, -0.2) is 9.59 Å². The number of unbranched alkanes of at least 4 members (excludes halogenated alkanes) is 1. The van der Waals surface area contributed by atoms with Crippen LogP contribution in [0.1, 0.15) is 72.0 Å². The molecule has 0 aliphatic rings. The molecule has 3 aromatic rings. The van der Waals surface area contributed by atoms with Gasteiger partial charge in [-0.15, -0.1) is 21.5 Å². The maximum atomic E-state index is 13.3. The van der Waals surface area contributed by atoms with E-state index in [-0.39, 0.29) is 47.7 Å². The van der Waals surface area contributed by atoms with Gasteiger partial charge in [-0.1, -0.05) is 36.7 Å². The van der Waals surface area contributed by atoms with Crippen molar-refractivity contribution in [3.63, 3.8) is 0 Å². The Morgan fingerprint density at radius 1 is 1.05 bits per heavy atom. The van der Waals surface area contributed by atoms with Gasteiger partial charge in [0.2, 0.25) is 5.91 Å². The highest BCUT2D eigenvalue weighted by molar-refractivity contribution is 8.00. The molecule has 44 heavy (non-hydrogen) atoms. The van der Waals surface area contributed by atoms with Crippen LogP contribution in [0.5, 0.6) is 5.75 Å². The number of benzene rings is 1. The van der Waals surface area contributed by atoms with E-state index in [0.717, 1.165) is 24.2 Å². The molecule has 238 valence electrons. The minimum atomic E-state index is -0.654. The number of thiophene rings is 1. The lowest BCUT2D eigenvalue weighted by Crippen LogP contribution is -2.29. The molecular formula is C29H36ClN5O7S2. The minimum Gasteiger partial charge on any atom is -0.484 e. The molecule has 0 aliphatic carbocycles. The van der Waals surface area contributed by atoms with E-state index >= 15 is 0 Å². The summed E-state index contributed by atoms with van der Waals surface area (Å²) >= 11 is 8.03. The average molecular weight is 666 g/mol. The van der Waals surface area contributed by atoms with Crippen LogP contribution in [0.4, 0.5) is 5.00 Å². The third-order valence-electron chi connectivity index (χ3n) is 6.13. The molecule has 0 radical (unpaired) electrons. The van der Waals surface area contributed by atoms with Gasteiger partial charge in [0.25, 0.3) is 5.91 Å². The first-order chi connectivity index (χ1) is 21.1. The van der Waals surface area contributed by atoms with Gasteiger partial charge in [0.15, 0.2) is 17.6 Å². The molecule has 15 heteroatoms. The van der Waals surface area contributed by atoms with E-state index < -0.39 is 23.1 Å². The van der Waals surface area contributed by atoms with E-state index in [1.807, 2.05) is 4.57 Å². The molecule has 1 aromatic carbocycles. The molecule has 0 saturated heterocycles. The zero-order valence-electron chi connectivity index (χ0n) is 25.2. The summed E-state index contributed by atoms with van der Waals surface area (Å²) in [5.41, 5.74) is 0.502. The molecular weight excluding hydrogens is 630 g/mol. The SMILES string of the molecule is CCCCn1c(CNC(=O)COc2ccc(Cl)cc2)nnc1S[C@H](C)C(=O)Nc1sc(C(=O)OCC)c(C)c1C(=O)OCC. The predicted octanol–water partition coefficient (Wildman–Crippen LogP) is 5.27. The lowest BCUT2D eigenvalue weighted by atomic mass is 10.1. The third-order valence-corrected chi connectivity index (χ3v) is 8.65. The van der Waals surface area contributed by atoms with Crippen molar-refractivity contribution in [2.75, 3.05) is 25.1 Å². The summed E-state index contributed by atoms with van der Waals surface area (Å²) in [7, 11) is 0. The Labute approximate surface area is 269 Å². The Morgan fingerprint density at radius 3 is 2.39 bits per heavy atom. The molecule has 2 heterocycles. The van der Waals surface area contributed by atoms with Crippen molar-refractivity contribution in [3.8, 4) is 5.75 Å². The van der Waals surface area contributed by atoms with Gasteiger partial charge < -0.3 is 29.4 Å². The number of esters is 2. The van der Waals surface area contributed by atoms with Gasteiger partial charge >= 0.3 is 11.9 Å². The standard InChI is InChI=1S/C29H36ClN5O7S2/c1-6-9-14-35-21(15-31-22(36)16-42-20-12-10-19(30)11-13-20)33-34-29(35)43-18(5)25(37)32-26-23(27(38)40-7-2)17(4)24(44-26)28(39)41-8-3/h10-13,18H,6-9,14-16H2,1-5H3,(H,31,36)(H,32,37)/t18-/m1/s1. The van der Waals surface area contributed by atoms with E-state index in [0.29, 0.717) is 33.9 Å². The highest BCUT2D eigenvalue weighted by Crippen LogP contribution is 2.35. The number of carbonyl (C=O) groups is 4. The minimum absolute atomic E-state index is 0.120. The van der Waals surface area contributed by atoms with Crippen molar-refractivity contribution < 1.29 is 33.4 Å². The maximum Gasteiger partial charge on any atom is 0.348 e. The molecule has 0 bridgehead atoms. The van der Waals surface area contributed by atoms with E-state index in [4.69, 9.17) is 25.8 Å². The molecule has 0 aliphatic heterocycles. The van der Waals surface area contributed by atoms with Crippen molar-refractivity contribution in [2.24, 2.45) is 0 Å². The van der Waals surface area contributed by atoms with Crippen LogP contribution in [0.2, 0.25) is 5.02 Å². The van der Waals surface area contributed by atoms with E-state index in [2.05, 4.69) is 27.8 Å². The van der Waals surface area contributed by atoms with Crippen molar-refractivity contribution in [1.82, 2.24) is 20.1 Å². The molecule has 2 aromatic heterocycles. The molecule has 0 spiro atoms. The second kappa shape index (κ2) is 17.0. The topological polar surface area (TPSA) is 151 Å². The van der Waals surface area contributed by atoms with Crippen molar-refractivity contribution >= 4 is 63.5 Å². The number of anilines is 1. The highest BCUT2D eigenvalue weighted by Gasteiger charge is 2.29. The first kappa shape index (κ1) is 34.9. The number of thioether (sulfide) groups is 1. The normalized spacial score (nSPS) is 11.5. The molecule has 2 N–H and O–H groups in total. The predicted molar refractivity (Wildman–Crippen MR) is 169 cm³/mol. The third kappa shape index (κ3) is 9.44. The summed E-state index contributed by atoms with van der Waals surface area (Å²) in [6, 6.07) is 6.70.